The van der Waals surface area contributed by atoms with Crippen LogP contribution < -0.4 is 5.32 Å². The molecule has 0 aliphatic carbocycles. The molecule has 0 spiro atoms. The van der Waals surface area contributed by atoms with Gasteiger partial charge in [-0.15, -0.1) is 0 Å². The van der Waals surface area contributed by atoms with E-state index in [1.807, 2.05) is 0 Å². The number of piperazine rings is 1. The van der Waals surface area contributed by atoms with Crippen LogP contribution >= 0.6 is 0 Å². The fourth-order valence-corrected chi connectivity index (χ4v) is 2.33. The average molecular weight is 218 g/mol. The molecular formula is C14H22N2. The molecular weight excluding hydrogens is 196 g/mol. The second kappa shape index (κ2) is 6.02. The summed E-state index contributed by atoms with van der Waals surface area (Å²) < 4.78 is 0. The lowest BCUT2D eigenvalue weighted by molar-refractivity contribution is 0.177. The number of benzene rings is 1. The van der Waals surface area contributed by atoms with Crippen LogP contribution in [-0.4, -0.2) is 37.1 Å². The highest BCUT2D eigenvalue weighted by molar-refractivity contribution is 5.14. The van der Waals surface area contributed by atoms with E-state index in [-0.39, 0.29) is 0 Å². The maximum absolute atomic E-state index is 3.40. The lowest BCUT2D eigenvalue weighted by atomic mass is 10.0. The molecule has 0 bridgehead atoms. The van der Waals surface area contributed by atoms with Gasteiger partial charge in [0.25, 0.3) is 0 Å². The summed E-state index contributed by atoms with van der Waals surface area (Å²) in [5.74, 6) is 0. The van der Waals surface area contributed by atoms with Crippen molar-refractivity contribution in [3.05, 3.63) is 35.9 Å². The maximum atomic E-state index is 3.40. The van der Waals surface area contributed by atoms with Gasteiger partial charge in [0.05, 0.1) is 0 Å². The van der Waals surface area contributed by atoms with Gasteiger partial charge in [-0.1, -0.05) is 30.3 Å². The molecule has 1 aliphatic heterocycles. The smallest absolute Gasteiger partial charge is 0.0110 e. The van der Waals surface area contributed by atoms with E-state index >= 15 is 0 Å². The summed E-state index contributed by atoms with van der Waals surface area (Å²) in [4.78, 5) is 2.60. The zero-order valence-electron chi connectivity index (χ0n) is 10.2. The highest BCUT2D eigenvalue weighted by atomic mass is 15.2. The fraction of sp³-hybridized carbons (Fsp3) is 0.571. The first kappa shape index (κ1) is 11.6. The zero-order chi connectivity index (χ0) is 11.2. The van der Waals surface area contributed by atoms with Crippen molar-refractivity contribution in [3.8, 4) is 0 Å². The van der Waals surface area contributed by atoms with E-state index in [0.29, 0.717) is 6.04 Å². The van der Waals surface area contributed by atoms with E-state index < -0.39 is 0 Å². The Hall–Kier alpha value is -0.860. The third-order valence-electron chi connectivity index (χ3n) is 3.47. The molecule has 88 valence electrons. The summed E-state index contributed by atoms with van der Waals surface area (Å²) >= 11 is 0. The lowest BCUT2D eigenvalue weighted by Gasteiger charge is -2.32. The Labute approximate surface area is 98.7 Å². The summed E-state index contributed by atoms with van der Waals surface area (Å²) in [6.45, 7) is 7.06. The molecule has 0 amide bonds. The van der Waals surface area contributed by atoms with Gasteiger partial charge in [-0.3, -0.25) is 4.90 Å². The Balaban J connectivity index is 1.76. The number of aryl methyl sites for hydroxylation is 1. The summed E-state index contributed by atoms with van der Waals surface area (Å²) in [5, 5.41) is 3.40. The Morgan fingerprint density at radius 2 is 1.88 bits per heavy atom. The Morgan fingerprint density at radius 1 is 1.19 bits per heavy atom. The minimum absolute atomic E-state index is 0.710. The minimum Gasteiger partial charge on any atom is -0.314 e. The summed E-state index contributed by atoms with van der Waals surface area (Å²) in [7, 11) is 0. The van der Waals surface area contributed by atoms with Gasteiger partial charge in [-0.25, -0.2) is 0 Å². The molecule has 0 saturated carbocycles. The number of rotatable bonds is 4. The molecule has 1 aromatic carbocycles. The van der Waals surface area contributed by atoms with Gasteiger partial charge in [-0.2, -0.15) is 0 Å². The first-order valence-electron chi connectivity index (χ1n) is 6.35. The van der Waals surface area contributed by atoms with Gasteiger partial charge >= 0.3 is 0 Å². The largest absolute Gasteiger partial charge is 0.314 e. The van der Waals surface area contributed by atoms with Crippen molar-refractivity contribution in [1.29, 1.82) is 0 Å². The molecule has 1 N–H and O–H groups in total. The Kier molecular flexibility index (Phi) is 4.37. The minimum atomic E-state index is 0.710. The molecule has 1 aromatic rings. The summed E-state index contributed by atoms with van der Waals surface area (Å²) in [6.07, 6.45) is 2.47. The van der Waals surface area contributed by atoms with Gasteiger partial charge in [0.1, 0.15) is 0 Å². The third kappa shape index (κ3) is 3.32. The molecule has 1 saturated heterocycles. The predicted molar refractivity (Wildman–Crippen MR) is 68.7 cm³/mol. The highest BCUT2D eigenvalue weighted by Crippen LogP contribution is 2.10. The molecule has 1 fully saturated rings. The van der Waals surface area contributed by atoms with E-state index in [4.69, 9.17) is 0 Å². The van der Waals surface area contributed by atoms with E-state index in [9.17, 15) is 0 Å². The van der Waals surface area contributed by atoms with Crippen LogP contribution in [-0.2, 0) is 6.42 Å². The van der Waals surface area contributed by atoms with E-state index in [1.54, 1.807) is 0 Å². The van der Waals surface area contributed by atoms with Crippen LogP contribution in [0.2, 0.25) is 0 Å². The number of hydrogen-bond acceptors (Lipinski definition) is 2. The summed E-state index contributed by atoms with van der Waals surface area (Å²) in [6, 6.07) is 11.5. The van der Waals surface area contributed by atoms with Gasteiger partial charge in [-0.05, 0) is 25.3 Å². The van der Waals surface area contributed by atoms with Crippen molar-refractivity contribution < 1.29 is 0 Å². The van der Waals surface area contributed by atoms with E-state index in [2.05, 4.69) is 47.5 Å². The van der Waals surface area contributed by atoms with Crippen molar-refractivity contribution in [3.63, 3.8) is 0 Å². The molecule has 1 aliphatic rings. The van der Waals surface area contributed by atoms with E-state index in [1.165, 1.54) is 31.5 Å². The molecule has 1 atom stereocenters. The highest BCUT2D eigenvalue weighted by Gasteiger charge is 2.15. The Bertz CT molecular complexity index is 291. The SMILES string of the molecule is CC(CCc1ccccc1)N1CCNCC1. The average Bonchev–Trinajstić information content (AvgIpc) is 2.38. The molecule has 0 aromatic heterocycles. The van der Waals surface area contributed by atoms with Crippen molar-refractivity contribution in [1.82, 2.24) is 10.2 Å². The number of nitrogens with zero attached hydrogens (tertiary/aromatic N) is 1. The van der Waals surface area contributed by atoms with Gasteiger partial charge in [0.15, 0.2) is 0 Å². The fourth-order valence-electron chi connectivity index (χ4n) is 2.33. The van der Waals surface area contributed by atoms with Crippen LogP contribution in [0, 0.1) is 0 Å². The van der Waals surface area contributed by atoms with Gasteiger partial charge in [0.2, 0.25) is 0 Å². The van der Waals surface area contributed by atoms with Crippen molar-refractivity contribution >= 4 is 0 Å². The van der Waals surface area contributed by atoms with E-state index in [0.717, 1.165) is 13.1 Å². The standard InChI is InChI=1S/C14H22N2/c1-13(16-11-9-15-10-12-16)7-8-14-5-3-2-4-6-14/h2-6,13,15H,7-12H2,1H3. The van der Waals surface area contributed by atoms with Crippen LogP contribution in [0.5, 0.6) is 0 Å². The Morgan fingerprint density at radius 3 is 2.56 bits per heavy atom. The number of nitrogens with one attached hydrogen (secondary N) is 1. The maximum Gasteiger partial charge on any atom is 0.0110 e. The molecule has 2 heteroatoms. The number of hydrogen-bond donors (Lipinski definition) is 1. The third-order valence-corrected chi connectivity index (χ3v) is 3.47. The molecule has 1 unspecified atom stereocenters. The first-order valence-corrected chi connectivity index (χ1v) is 6.35. The van der Waals surface area contributed by atoms with Crippen LogP contribution in [0.1, 0.15) is 18.9 Å². The zero-order valence-corrected chi connectivity index (χ0v) is 10.2. The molecule has 16 heavy (non-hydrogen) atoms. The van der Waals surface area contributed by atoms with Crippen LogP contribution in [0.4, 0.5) is 0 Å². The lowest BCUT2D eigenvalue weighted by Crippen LogP contribution is -2.47. The van der Waals surface area contributed by atoms with Crippen molar-refractivity contribution in [2.75, 3.05) is 26.2 Å². The normalized spacial score (nSPS) is 19.6. The van der Waals surface area contributed by atoms with Crippen LogP contribution in [0.25, 0.3) is 0 Å². The van der Waals surface area contributed by atoms with Crippen LogP contribution in [0.3, 0.4) is 0 Å². The monoisotopic (exact) mass is 218 g/mol. The molecule has 0 radical (unpaired) electrons. The molecule has 1 heterocycles. The second-order valence-corrected chi connectivity index (χ2v) is 4.66. The van der Waals surface area contributed by atoms with Crippen LogP contribution in [0.15, 0.2) is 30.3 Å². The first-order chi connectivity index (χ1) is 7.86. The van der Waals surface area contributed by atoms with Gasteiger partial charge < -0.3 is 5.32 Å². The van der Waals surface area contributed by atoms with Crippen molar-refractivity contribution in [2.45, 2.75) is 25.8 Å². The predicted octanol–water partition coefficient (Wildman–Crippen LogP) is 1.91. The quantitative estimate of drug-likeness (QED) is 0.830. The van der Waals surface area contributed by atoms with Gasteiger partial charge in [0, 0.05) is 32.2 Å². The molecule has 2 nitrogen and oxygen atoms in total. The van der Waals surface area contributed by atoms with Crippen molar-refractivity contribution in [2.24, 2.45) is 0 Å². The molecule has 2 rings (SSSR count). The second-order valence-electron chi connectivity index (χ2n) is 4.66. The summed E-state index contributed by atoms with van der Waals surface area (Å²) in [5.41, 5.74) is 1.46. The topological polar surface area (TPSA) is 15.3 Å².